The van der Waals surface area contributed by atoms with Gasteiger partial charge in [0.05, 0.1) is 6.10 Å². The summed E-state index contributed by atoms with van der Waals surface area (Å²) in [6.45, 7) is 123. The molecule has 0 spiro atoms. The molecule has 2 fully saturated rings. The first-order valence-corrected chi connectivity index (χ1v) is 51.3. The van der Waals surface area contributed by atoms with E-state index < -0.39 is 8.24 Å². The maximum Gasteiger partial charge on any atom is 2.00 e. The largest absolute Gasteiger partial charge is 2.00 e. The van der Waals surface area contributed by atoms with Crippen molar-refractivity contribution in [1.82, 2.24) is 58.5 Å². The number of nitrogens with one attached hydrogen (secondary N) is 11. The molecule has 0 aliphatic carbocycles. The van der Waals surface area contributed by atoms with Gasteiger partial charge in [-0.15, -0.1) is 60.9 Å². The summed E-state index contributed by atoms with van der Waals surface area (Å²) in [5.74, 6) is 0. The Kier molecular flexibility index (Phi) is 122. The number of aliphatic hydroxyl groups is 1. The molecule has 0 aromatic carbocycles. The van der Waals surface area contributed by atoms with E-state index >= 15 is 0 Å². The van der Waals surface area contributed by atoms with Gasteiger partial charge in [0.2, 0.25) is 0 Å². The van der Waals surface area contributed by atoms with E-state index in [1.807, 2.05) is 28.1 Å². The summed E-state index contributed by atoms with van der Waals surface area (Å²) in [5, 5.41) is 71.1. The van der Waals surface area contributed by atoms with E-state index in [1.165, 1.54) is 38.5 Å². The van der Waals surface area contributed by atoms with E-state index in [2.05, 4.69) is 438 Å². The Morgan fingerprint density at radius 1 is 0.336 bits per heavy atom. The molecule has 25 heteroatoms. The van der Waals surface area contributed by atoms with Crippen LogP contribution in [0.4, 0.5) is 0 Å². The number of rotatable bonds is 22. The maximum atomic E-state index is 8.81. The van der Waals surface area contributed by atoms with Crippen molar-refractivity contribution in [2.75, 3.05) is 47.3 Å². The Morgan fingerprint density at radius 2 is 0.550 bits per heavy atom. The number of nitrogens with zero attached hydrogens (tertiary/aromatic N) is 6. The second-order valence-corrected chi connectivity index (χ2v) is 52.9. The molecule has 131 heavy (non-hydrogen) atoms. The molecule has 18 nitrogen and oxygen atoms in total. The minimum Gasteiger partial charge on any atom is -0.660 e. The van der Waals surface area contributed by atoms with Crippen molar-refractivity contribution in [2.24, 2.45) is 0 Å². The molecule has 0 bridgehead atoms. The van der Waals surface area contributed by atoms with Gasteiger partial charge in [-0.2, -0.15) is 0 Å². The quantitative estimate of drug-likeness (QED) is 0.0358. The summed E-state index contributed by atoms with van der Waals surface area (Å²) < 4.78 is 0. The topological polar surface area (TPSA) is 237 Å². The van der Waals surface area contributed by atoms with Gasteiger partial charge in [0, 0.05) is 89.6 Å². The Bertz CT molecular complexity index is 2100. The SMILES string of the molecule is CC(C)(C)[N-]C(C)(C)C.CC(C)(C)[N-]C(C)(C)C.CC(C)(C)[N-]C(C)(C)C.CC(C)(C)[N-][Si](C)(C)C.CC1CC(C)NC(C)(C)CC(C)(C)[N-]C(C)(C)CC(C)(C)N1.CC1CC(C)NC(C)CC(C)(C)[N-]C(C)(C)CC(C)N1.CCCNC(C)CC(C)NCCC.CCNC(C)CC(C)NCC.CNC(C)CC(C)NC.CNC(C)CC(C)O.[CH3-].[CH3-].[CH3-].[CH3-].[CH3-].[CH3-].[Co+2].[Co+2].[Co+2].[Co+2].[Co+2].[Co+2]. The van der Waals surface area contributed by atoms with Crippen LogP contribution in [0.25, 0.3) is 31.6 Å². The summed E-state index contributed by atoms with van der Waals surface area (Å²) in [5.41, 5.74) is 1.02. The van der Waals surface area contributed by atoms with Crippen LogP contribution in [0.1, 0.15) is 430 Å². The third-order valence-electron chi connectivity index (χ3n) is 18.0. The van der Waals surface area contributed by atoms with Gasteiger partial charge in [-0.05, 0) is 236 Å². The molecular weight excluding hydrogens is 1910 g/mol. The first kappa shape index (κ1) is 182. The monoisotopic (exact) mass is 2160 g/mol. The summed E-state index contributed by atoms with van der Waals surface area (Å²) >= 11 is 0. The molecule has 0 aromatic heterocycles. The van der Waals surface area contributed by atoms with Crippen molar-refractivity contribution < 1.29 is 106 Å². The molecule has 0 saturated carbocycles. The van der Waals surface area contributed by atoms with E-state index in [9.17, 15) is 0 Å². The van der Waals surface area contributed by atoms with E-state index in [1.54, 1.807) is 6.92 Å². The fraction of sp³-hybridized carbons (Fsp3) is 0.943. The molecule has 0 aromatic rings. The molecule has 2 aliphatic heterocycles. The molecular formula is C106H247Co6N17OSi. The molecule has 0 amide bonds. The van der Waals surface area contributed by atoms with Crippen molar-refractivity contribution in [1.29, 1.82) is 0 Å². The van der Waals surface area contributed by atoms with E-state index in [0.29, 0.717) is 78.5 Å². The molecule has 2 rings (SSSR count). The Morgan fingerprint density at radius 3 is 0.725 bits per heavy atom. The molecule has 2 saturated heterocycles. The van der Waals surface area contributed by atoms with Crippen LogP contribution in [-0.4, -0.2) is 217 Å². The van der Waals surface area contributed by atoms with Crippen LogP contribution in [-0.2, 0) is 101 Å². The summed E-state index contributed by atoms with van der Waals surface area (Å²) in [6.07, 6.45) is 13.3. The van der Waals surface area contributed by atoms with Gasteiger partial charge in [0.25, 0.3) is 0 Å². The van der Waals surface area contributed by atoms with Gasteiger partial charge in [0.15, 0.2) is 0 Å². The van der Waals surface area contributed by atoms with Crippen molar-refractivity contribution in [3.8, 4) is 0 Å². The standard InChI is InChI=1S/C19H40N3.C17H36N3.C11H26N2.C9H22N2.3C8H18N.C7H18N2.C7H18NSi.C6H15NO.6CH3.6Co/c1-14-11-15(2)21-17(5,6)13-19(9,10)22-18(7,8)12-16(3,4)20-14;1-12-9-13(2)19-15(4)11-17(7,8)20-16(5,6)10-14(3)18-12;1-5-7-12-10(3)9-11(4)13-8-6-2;1-5-10-8(3)7-9(4)11-6-2;3*1-7(2,3)9-8(4,5)6;1-6(8-3)5-7(2)9-4;1-7(2,3)8-9(4,5)6;1-5(7-3)4-6(2)8;;;;;;;;;;;;/h14-15,20-21H,11-13H2,1-10H3;12-15,18-19H,9-11H2,1-8H3;10-13H,5-9H2,1-4H3;8-11H,5-7H2,1-4H3;3*1-6H3;6-9H,5H2,1-4H3;1-6H3;5-8H,4H2,1-3H3;6*1H3;;;;;;/q2*-1;;;3*-1;;-1;;6*-1;6*+2. The van der Waals surface area contributed by atoms with Crippen LogP contribution in [0.15, 0.2) is 0 Å². The smallest absolute Gasteiger partial charge is 0.660 e. The van der Waals surface area contributed by atoms with Crippen molar-refractivity contribution in [3.63, 3.8) is 0 Å². The molecule has 12 N–H and O–H groups in total. The minimum absolute atomic E-state index is 0. The normalized spacial score (nSPS) is 21.0. The molecule has 2 aliphatic rings. The zero-order chi connectivity index (χ0) is 96.4. The van der Waals surface area contributed by atoms with Crippen LogP contribution in [0.2, 0.25) is 19.6 Å². The van der Waals surface area contributed by atoms with Crippen molar-refractivity contribution >= 4 is 8.24 Å². The van der Waals surface area contributed by atoms with Gasteiger partial charge in [-0.25, -0.2) is 0 Å². The van der Waals surface area contributed by atoms with Gasteiger partial charge < -0.3 is 140 Å². The third-order valence-corrected chi connectivity index (χ3v) is 19.3. The maximum absolute atomic E-state index is 8.81. The van der Waals surface area contributed by atoms with Crippen LogP contribution < -0.4 is 58.5 Å². The summed E-state index contributed by atoms with van der Waals surface area (Å²) in [6, 6.07) is 7.29. The summed E-state index contributed by atoms with van der Waals surface area (Å²) in [4.78, 5) is 4.68. The first-order valence-electron chi connectivity index (χ1n) is 47.9. The van der Waals surface area contributed by atoms with Crippen molar-refractivity contribution in [3.05, 3.63) is 76.1 Å². The van der Waals surface area contributed by atoms with Gasteiger partial charge >= 0.3 is 101 Å². The average Bonchev–Trinajstić information content (AvgIpc) is 0.815. The zero-order valence-electron chi connectivity index (χ0n) is 100. The third kappa shape index (κ3) is 150. The second kappa shape index (κ2) is 87.9. The van der Waals surface area contributed by atoms with Gasteiger partial charge in [0.1, 0.15) is 0 Å². The molecule has 14 atom stereocenters. The fourth-order valence-electron chi connectivity index (χ4n) is 17.6. The Balaban J connectivity index is -0.0000000587. The van der Waals surface area contributed by atoms with Crippen LogP contribution in [0.3, 0.4) is 0 Å². The van der Waals surface area contributed by atoms with Crippen LogP contribution in [0, 0.1) is 44.6 Å². The van der Waals surface area contributed by atoms with E-state index in [-0.39, 0.29) is 223 Å². The molecule has 2 heterocycles. The second-order valence-electron chi connectivity index (χ2n) is 48.3. The van der Waals surface area contributed by atoms with Gasteiger partial charge in [-0.1, -0.05) is 269 Å². The average molecular weight is 2160 g/mol. The van der Waals surface area contributed by atoms with Crippen molar-refractivity contribution in [2.45, 2.75) is 606 Å². The predicted octanol–water partition coefficient (Wildman–Crippen LogP) is 27.5. The van der Waals surface area contributed by atoms with E-state index in [4.69, 9.17) is 15.7 Å². The first-order chi connectivity index (χ1) is 52.7. The summed E-state index contributed by atoms with van der Waals surface area (Å²) in [7, 11) is 4.71. The number of hydrogen-bond acceptors (Lipinski definition) is 12. The van der Waals surface area contributed by atoms with Gasteiger partial charge in [-0.3, -0.25) is 0 Å². The Hall–Kier alpha value is 2.54. The number of aliphatic hydroxyl groups excluding tert-OH is 1. The zero-order valence-corrected chi connectivity index (χ0v) is 107. The minimum atomic E-state index is -1.17. The number of hydrogen-bond donors (Lipinski definition) is 12. The van der Waals surface area contributed by atoms with Crippen LogP contribution >= 0.6 is 0 Å². The molecule has 6 radical (unpaired) electrons. The Labute approximate surface area is 895 Å². The van der Waals surface area contributed by atoms with Crippen LogP contribution in [0.5, 0.6) is 0 Å². The molecule has 14 unspecified atom stereocenters. The van der Waals surface area contributed by atoms with E-state index in [0.717, 1.165) is 64.7 Å². The molecule has 820 valence electrons. The predicted molar refractivity (Wildman–Crippen MR) is 589 cm³/mol. The fourth-order valence-corrected chi connectivity index (χ4v) is 19.6.